The zero-order chi connectivity index (χ0) is 19.8. The van der Waals surface area contributed by atoms with E-state index in [0.717, 1.165) is 27.8 Å². The molecule has 0 N–H and O–H groups in total. The number of fused-ring (bicyclic) bond motifs is 3. The van der Waals surface area contributed by atoms with Crippen molar-refractivity contribution in [1.29, 1.82) is 0 Å². The molecule has 0 amide bonds. The largest absolute Gasteiger partial charge is 0.493 e. The molecule has 144 valence electrons. The molecule has 2 aromatic carbocycles. The predicted octanol–water partition coefficient (Wildman–Crippen LogP) is 4.58. The third-order valence-electron chi connectivity index (χ3n) is 4.93. The van der Waals surface area contributed by atoms with E-state index in [1.807, 2.05) is 37.3 Å². The number of esters is 1. The number of hydrogen-bond donors (Lipinski definition) is 0. The van der Waals surface area contributed by atoms with Crippen LogP contribution in [0, 0.1) is 12.8 Å². The van der Waals surface area contributed by atoms with Crippen LogP contribution in [0.2, 0.25) is 0 Å². The molecular weight excluding hydrogens is 356 g/mol. The van der Waals surface area contributed by atoms with Crippen molar-refractivity contribution < 1.29 is 18.7 Å². The van der Waals surface area contributed by atoms with Gasteiger partial charge in [-0.15, -0.1) is 0 Å². The van der Waals surface area contributed by atoms with E-state index in [9.17, 15) is 9.59 Å². The van der Waals surface area contributed by atoms with E-state index in [-0.39, 0.29) is 18.3 Å². The summed E-state index contributed by atoms with van der Waals surface area (Å²) in [5.41, 5.74) is 2.61. The van der Waals surface area contributed by atoms with Gasteiger partial charge in [0.15, 0.2) is 0 Å². The highest BCUT2D eigenvalue weighted by molar-refractivity contribution is 5.89. The Morgan fingerprint density at radius 2 is 1.86 bits per heavy atom. The van der Waals surface area contributed by atoms with Gasteiger partial charge in [-0.25, -0.2) is 4.79 Å². The van der Waals surface area contributed by atoms with Gasteiger partial charge >= 0.3 is 11.6 Å². The molecule has 0 saturated carbocycles. The van der Waals surface area contributed by atoms with Gasteiger partial charge in [-0.1, -0.05) is 26.0 Å². The van der Waals surface area contributed by atoms with Crippen LogP contribution in [0.15, 0.2) is 51.7 Å². The summed E-state index contributed by atoms with van der Waals surface area (Å²) in [6.45, 7) is 6.71. The number of carbonyl (C=O) groups excluding carboxylic acids is 1. The Bertz CT molecular complexity index is 1090. The highest BCUT2D eigenvalue weighted by atomic mass is 16.5. The Kier molecular flexibility index (Phi) is 4.67. The van der Waals surface area contributed by atoms with Crippen LogP contribution in [-0.4, -0.2) is 12.6 Å². The third kappa shape index (κ3) is 3.40. The second-order valence-corrected chi connectivity index (χ2v) is 7.61. The lowest BCUT2D eigenvalue weighted by Crippen LogP contribution is -2.21. The van der Waals surface area contributed by atoms with Gasteiger partial charge < -0.3 is 13.9 Å². The molecule has 0 spiro atoms. The molecule has 2 heterocycles. The molecule has 0 radical (unpaired) electrons. The lowest BCUT2D eigenvalue weighted by Gasteiger charge is -2.25. The molecule has 1 atom stereocenters. The van der Waals surface area contributed by atoms with Gasteiger partial charge in [-0.3, -0.25) is 4.79 Å². The zero-order valence-electron chi connectivity index (χ0n) is 16.2. The zero-order valence-corrected chi connectivity index (χ0v) is 16.2. The smallest absolute Gasteiger partial charge is 0.336 e. The summed E-state index contributed by atoms with van der Waals surface area (Å²) in [5, 5.41) is 0.846. The van der Waals surface area contributed by atoms with Crippen molar-refractivity contribution in [2.24, 2.45) is 5.92 Å². The molecule has 0 bridgehead atoms. The molecule has 0 saturated heterocycles. The Labute approximate surface area is 162 Å². The van der Waals surface area contributed by atoms with Gasteiger partial charge in [0.1, 0.15) is 17.1 Å². The molecule has 0 unspecified atom stereocenters. The Balaban J connectivity index is 1.80. The highest BCUT2D eigenvalue weighted by Crippen LogP contribution is 2.43. The van der Waals surface area contributed by atoms with Crippen LogP contribution in [0.3, 0.4) is 0 Å². The summed E-state index contributed by atoms with van der Waals surface area (Å²) >= 11 is 0. The number of ether oxygens (including phenoxy) is 2. The lowest BCUT2D eigenvalue weighted by molar-refractivity contribution is -0.135. The minimum Gasteiger partial charge on any atom is -0.493 e. The standard InChI is InChI=1S/C23H22O5/c1-13(2)12-26-16-6-4-15(5-7-16)18-11-21(25)27-19-9-8-17-14(3)10-20(24)28-23(17)22(18)19/h4-10,13,18H,11-12H2,1-3H3/t18-/m0/s1. The summed E-state index contributed by atoms with van der Waals surface area (Å²) in [6.07, 6.45) is 0.190. The van der Waals surface area contributed by atoms with Crippen LogP contribution in [0.5, 0.6) is 11.5 Å². The summed E-state index contributed by atoms with van der Waals surface area (Å²) in [5.74, 6) is 1.13. The van der Waals surface area contributed by atoms with Crippen molar-refractivity contribution in [1.82, 2.24) is 0 Å². The van der Waals surface area contributed by atoms with Crippen LogP contribution in [-0.2, 0) is 4.79 Å². The minimum absolute atomic E-state index is 0.190. The van der Waals surface area contributed by atoms with Crippen molar-refractivity contribution in [3.8, 4) is 11.5 Å². The summed E-state index contributed by atoms with van der Waals surface area (Å²) in [7, 11) is 0. The van der Waals surface area contributed by atoms with Gasteiger partial charge in [0.25, 0.3) is 0 Å². The van der Waals surface area contributed by atoms with Crippen LogP contribution < -0.4 is 15.1 Å². The fourth-order valence-electron chi connectivity index (χ4n) is 3.58. The van der Waals surface area contributed by atoms with Gasteiger partial charge in [0.2, 0.25) is 0 Å². The predicted molar refractivity (Wildman–Crippen MR) is 106 cm³/mol. The third-order valence-corrected chi connectivity index (χ3v) is 4.93. The molecule has 0 aliphatic carbocycles. The monoisotopic (exact) mass is 378 g/mol. The molecule has 5 nitrogen and oxygen atoms in total. The molecule has 1 aliphatic rings. The van der Waals surface area contributed by atoms with Crippen molar-refractivity contribution >= 4 is 16.9 Å². The Morgan fingerprint density at radius 1 is 1.11 bits per heavy atom. The number of benzene rings is 2. The first-order valence-electron chi connectivity index (χ1n) is 9.43. The summed E-state index contributed by atoms with van der Waals surface area (Å²) < 4.78 is 16.7. The van der Waals surface area contributed by atoms with Crippen molar-refractivity contribution in [3.05, 3.63) is 69.6 Å². The molecule has 1 aromatic heterocycles. The van der Waals surface area contributed by atoms with E-state index in [1.165, 1.54) is 6.07 Å². The number of hydrogen-bond acceptors (Lipinski definition) is 5. The van der Waals surface area contributed by atoms with Crippen LogP contribution in [0.4, 0.5) is 0 Å². The first-order valence-corrected chi connectivity index (χ1v) is 9.43. The molecule has 28 heavy (non-hydrogen) atoms. The van der Waals surface area contributed by atoms with Gasteiger partial charge in [0, 0.05) is 22.9 Å². The first-order chi connectivity index (χ1) is 13.4. The van der Waals surface area contributed by atoms with Crippen molar-refractivity contribution in [2.45, 2.75) is 33.1 Å². The van der Waals surface area contributed by atoms with Crippen LogP contribution in [0.1, 0.15) is 42.9 Å². The lowest BCUT2D eigenvalue weighted by atomic mass is 9.85. The van der Waals surface area contributed by atoms with E-state index in [1.54, 1.807) is 6.07 Å². The fraction of sp³-hybridized carbons (Fsp3) is 0.304. The SMILES string of the molecule is Cc1cc(=O)oc2c3c(ccc12)OC(=O)C[C@H]3c1ccc(OCC(C)C)cc1. The topological polar surface area (TPSA) is 65.7 Å². The molecular formula is C23H22O5. The molecule has 1 aliphatic heterocycles. The van der Waals surface area contributed by atoms with Gasteiger partial charge in [-0.05, 0) is 48.2 Å². The molecule has 3 aromatic rings. The van der Waals surface area contributed by atoms with E-state index in [4.69, 9.17) is 13.9 Å². The molecule has 4 rings (SSSR count). The molecule has 0 fully saturated rings. The van der Waals surface area contributed by atoms with E-state index in [0.29, 0.717) is 23.9 Å². The van der Waals surface area contributed by atoms with E-state index < -0.39 is 5.63 Å². The van der Waals surface area contributed by atoms with E-state index in [2.05, 4.69) is 13.8 Å². The Hall–Kier alpha value is -3.08. The average molecular weight is 378 g/mol. The quantitative estimate of drug-likeness (QED) is 0.378. The maximum atomic E-state index is 12.2. The van der Waals surface area contributed by atoms with Gasteiger partial charge in [0.05, 0.1) is 13.0 Å². The fourth-order valence-corrected chi connectivity index (χ4v) is 3.58. The van der Waals surface area contributed by atoms with Crippen molar-refractivity contribution in [3.63, 3.8) is 0 Å². The molecule has 5 heteroatoms. The second kappa shape index (κ2) is 7.15. The Morgan fingerprint density at radius 3 is 2.57 bits per heavy atom. The van der Waals surface area contributed by atoms with Crippen molar-refractivity contribution in [2.75, 3.05) is 6.61 Å². The van der Waals surface area contributed by atoms with Crippen LogP contribution in [0.25, 0.3) is 11.0 Å². The maximum absolute atomic E-state index is 12.2. The number of rotatable bonds is 4. The number of aryl methyl sites for hydroxylation is 1. The first kappa shape index (κ1) is 18.3. The number of carbonyl (C=O) groups is 1. The second-order valence-electron chi connectivity index (χ2n) is 7.61. The minimum atomic E-state index is -0.411. The summed E-state index contributed by atoms with van der Waals surface area (Å²) in [6, 6.07) is 12.8. The van der Waals surface area contributed by atoms with Gasteiger partial charge in [-0.2, -0.15) is 0 Å². The summed E-state index contributed by atoms with van der Waals surface area (Å²) in [4.78, 5) is 24.2. The highest BCUT2D eigenvalue weighted by Gasteiger charge is 2.31. The normalized spacial score (nSPS) is 16.1. The van der Waals surface area contributed by atoms with Crippen LogP contribution >= 0.6 is 0 Å². The maximum Gasteiger partial charge on any atom is 0.336 e. The average Bonchev–Trinajstić information content (AvgIpc) is 2.65. The van der Waals surface area contributed by atoms with E-state index >= 15 is 0 Å².